The van der Waals surface area contributed by atoms with E-state index in [0.29, 0.717) is 17.2 Å². The summed E-state index contributed by atoms with van der Waals surface area (Å²) in [7, 11) is 0. The first-order valence-electron chi connectivity index (χ1n) is 7.68. The van der Waals surface area contributed by atoms with Gasteiger partial charge in [0.1, 0.15) is 12.4 Å². The molecule has 7 heteroatoms. The number of nitrogens with one attached hydrogen (secondary N) is 1. The van der Waals surface area contributed by atoms with Crippen molar-refractivity contribution >= 4 is 17.6 Å². The summed E-state index contributed by atoms with van der Waals surface area (Å²) < 4.78 is 29.0. The summed E-state index contributed by atoms with van der Waals surface area (Å²) in [5.41, 5.74) is 0.403. The molecule has 0 aromatic heterocycles. The van der Waals surface area contributed by atoms with Gasteiger partial charge in [-0.15, -0.1) is 0 Å². The third-order valence-electron chi connectivity index (χ3n) is 3.55. The van der Waals surface area contributed by atoms with E-state index < -0.39 is 29.9 Å². The predicted molar refractivity (Wildman–Crippen MR) is 86.9 cm³/mol. The summed E-state index contributed by atoms with van der Waals surface area (Å²) in [5, 5.41) is 2.54. The summed E-state index contributed by atoms with van der Waals surface area (Å²) in [4.78, 5) is 24.2. The van der Waals surface area contributed by atoms with Gasteiger partial charge in [0, 0.05) is 5.69 Å². The van der Waals surface area contributed by atoms with E-state index in [2.05, 4.69) is 5.32 Å². The number of halogens is 1. The van der Waals surface area contributed by atoms with E-state index in [0.717, 1.165) is 0 Å². The molecular weight excluding hydrogens is 329 g/mol. The van der Waals surface area contributed by atoms with Crippen LogP contribution in [0.3, 0.4) is 0 Å². The fourth-order valence-corrected chi connectivity index (χ4v) is 2.22. The summed E-state index contributed by atoms with van der Waals surface area (Å²) in [6.45, 7) is 1.44. The molecule has 2 atom stereocenters. The van der Waals surface area contributed by atoms with Crippen molar-refractivity contribution in [2.75, 3.05) is 11.9 Å². The number of carbonyl (C=O) groups excluding carboxylic acids is 2. The van der Waals surface area contributed by atoms with Crippen molar-refractivity contribution in [3.05, 3.63) is 54.3 Å². The lowest BCUT2D eigenvalue weighted by molar-refractivity contribution is -0.162. The second-order valence-corrected chi connectivity index (χ2v) is 5.44. The highest BCUT2D eigenvalue weighted by molar-refractivity contribution is 5.95. The van der Waals surface area contributed by atoms with E-state index in [-0.39, 0.29) is 6.61 Å². The number of hydrogen-bond donors (Lipinski definition) is 1. The molecule has 1 amide bonds. The maximum absolute atomic E-state index is 12.9. The fourth-order valence-electron chi connectivity index (χ4n) is 2.22. The van der Waals surface area contributed by atoms with Crippen LogP contribution in [0.4, 0.5) is 10.1 Å². The van der Waals surface area contributed by atoms with Crippen molar-refractivity contribution in [1.82, 2.24) is 0 Å². The zero-order chi connectivity index (χ0) is 17.8. The Balaban J connectivity index is 1.55. The smallest absolute Gasteiger partial charge is 0.351 e. The van der Waals surface area contributed by atoms with E-state index in [4.69, 9.17) is 14.2 Å². The van der Waals surface area contributed by atoms with Crippen LogP contribution in [0.2, 0.25) is 0 Å². The number of para-hydroxylation sites is 2. The number of hydrogen-bond acceptors (Lipinski definition) is 5. The Labute approximate surface area is 143 Å². The average molecular weight is 345 g/mol. The molecule has 0 bridgehead atoms. The first-order chi connectivity index (χ1) is 12.0. The lowest BCUT2D eigenvalue weighted by atomic mass is 10.2. The molecule has 1 aliphatic rings. The van der Waals surface area contributed by atoms with Crippen molar-refractivity contribution in [2.45, 2.75) is 19.1 Å². The Morgan fingerprint density at radius 2 is 1.84 bits per heavy atom. The molecule has 130 valence electrons. The topological polar surface area (TPSA) is 73.9 Å². The van der Waals surface area contributed by atoms with Crippen molar-refractivity contribution in [1.29, 1.82) is 0 Å². The predicted octanol–water partition coefficient (Wildman–Crippen LogP) is 2.54. The zero-order valence-corrected chi connectivity index (χ0v) is 13.4. The van der Waals surface area contributed by atoms with Gasteiger partial charge >= 0.3 is 5.97 Å². The molecule has 1 aliphatic heterocycles. The highest BCUT2D eigenvalue weighted by Gasteiger charge is 2.31. The van der Waals surface area contributed by atoms with Crippen LogP contribution in [-0.4, -0.2) is 30.7 Å². The van der Waals surface area contributed by atoms with Crippen molar-refractivity contribution < 1.29 is 28.2 Å². The van der Waals surface area contributed by atoms with Crippen LogP contribution in [0, 0.1) is 5.82 Å². The van der Waals surface area contributed by atoms with Crippen LogP contribution in [0.15, 0.2) is 48.5 Å². The highest BCUT2D eigenvalue weighted by atomic mass is 19.1. The number of benzene rings is 2. The molecular formula is C18H16FNO5. The molecule has 3 rings (SSSR count). The van der Waals surface area contributed by atoms with Crippen molar-refractivity contribution in [3.8, 4) is 11.5 Å². The minimum Gasteiger partial charge on any atom is -0.485 e. The van der Waals surface area contributed by atoms with Gasteiger partial charge in [-0.1, -0.05) is 12.1 Å². The molecule has 0 radical (unpaired) electrons. The summed E-state index contributed by atoms with van der Waals surface area (Å²) in [5.74, 6) is -0.645. The quantitative estimate of drug-likeness (QED) is 0.862. The van der Waals surface area contributed by atoms with Gasteiger partial charge in [-0.2, -0.15) is 0 Å². The molecule has 0 spiro atoms. The Morgan fingerprint density at radius 3 is 2.56 bits per heavy atom. The lowest BCUT2D eigenvalue weighted by Gasteiger charge is -2.25. The van der Waals surface area contributed by atoms with Crippen LogP contribution in [0.1, 0.15) is 6.92 Å². The lowest BCUT2D eigenvalue weighted by Crippen LogP contribution is -2.41. The number of fused-ring (bicyclic) bond motifs is 1. The van der Waals surface area contributed by atoms with Crippen LogP contribution in [0.5, 0.6) is 11.5 Å². The molecule has 0 fully saturated rings. The van der Waals surface area contributed by atoms with Gasteiger partial charge in [0.2, 0.25) is 6.10 Å². The van der Waals surface area contributed by atoms with E-state index >= 15 is 0 Å². The first kappa shape index (κ1) is 16.8. The first-order valence-corrected chi connectivity index (χ1v) is 7.68. The monoisotopic (exact) mass is 345 g/mol. The number of amides is 1. The second kappa shape index (κ2) is 7.21. The minimum atomic E-state index is -1.04. The Morgan fingerprint density at radius 1 is 1.16 bits per heavy atom. The molecule has 2 aromatic carbocycles. The van der Waals surface area contributed by atoms with Gasteiger partial charge in [0.25, 0.3) is 5.91 Å². The maximum atomic E-state index is 12.9. The zero-order valence-electron chi connectivity index (χ0n) is 13.4. The van der Waals surface area contributed by atoms with Crippen molar-refractivity contribution in [2.24, 2.45) is 0 Å². The molecule has 0 saturated heterocycles. The molecule has 25 heavy (non-hydrogen) atoms. The Hall–Kier alpha value is -3.09. The number of esters is 1. The van der Waals surface area contributed by atoms with Gasteiger partial charge in [-0.25, -0.2) is 9.18 Å². The van der Waals surface area contributed by atoms with E-state index in [1.54, 1.807) is 24.3 Å². The molecule has 2 aromatic rings. The van der Waals surface area contributed by atoms with E-state index in [9.17, 15) is 14.0 Å². The fraction of sp³-hybridized carbons (Fsp3) is 0.222. The third-order valence-corrected chi connectivity index (χ3v) is 3.55. The summed E-state index contributed by atoms with van der Waals surface area (Å²) in [6, 6.07) is 12.2. The van der Waals surface area contributed by atoms with Crippen LogP contribution < -0.4 is 14.8 Å². The van der Waals surface area contributed by atoms with E-state index in [1.165, 1.54) is 31.2 Å². The van der Waals surface area contributed by atoms with Crippen LogP contribution >= 0.6 is 0 Å². The summed E-state index contributed by atoms with van der Waals surface area (Å²) >= 11 is 0. The largest absolute Gasteiger partial charge is 0.485 e. The second-order valence-electron chi connectivity index (χ2n) is 5.44. The molecule has 1 heterocycles. The Bertz CT molecular complexity index is 777. The normalized spacial score (nSPS) is 16.6. The highest BCUT2D eigenvalue weighted by Crippen LogP contribution is 2.31. The van der Waals surface area contributed by atoms with Crippen LogP contribution in [-0.2, 0) is 14.3 Å². The van der Waals surface area contributed by atoms with Crippen LogP contribution in [0.25, 0.3) is 0 Å². The molecule has 6 nitrogen and oxygen atoms in total. The van der Waals surface area contributed by atoms with Gasteiger partial charge in [0.05, 0.1) is 0 Å². The van der Waals surface area contributed by atoms with E-state index in [1.807, 2.05) is 0 Å². The summed E-state index contributed by atoms with van der Waals surface area (Å²) in [6.07, 6.45) is -1.99. The Kier molecular flexibility index (Phi) is 4.83. The minimum absolute atomic E-state index is 0.00213. The molecule has 0 aliphatic carbocycles. The molecule has 1 N–H and O–H groups in total. The van der Waals surface area contributed by atoms with Crippen molar-refractivity contribution in [3.63, 3.8) is 0 Å². The molecule has 0 saturated carbocycles. The standard InChI is InChI=1S/C18H16FNO5/c1-11(17(21)20-13-8-6-12(19)7-9-13)24-18(22)16-10-23-14-4-2-3-5-15(14)25-16/h2-9,11,16H,10H2,1H3,(H,20,21)/t11-,16-/m1/s1. The number of anilines is 1. The molecule has 0 unspecified atom stereocenters. The third kappa shape index (κ3) is 4.06. The van der Waals surface area contributed by atoms with Gasteiger partial charge in [-0.3, -0.25) is 4.79 Å². The van der Waals surface area contributed by atoms with Gasteiger partial charge in [0.15, 0.2) is 17.6 Å². The van der Waals surface area contributed by atoms with Gasteiger partial charge in [-0.05, 0) is 43.3 Å². The SMILES string of the molecule is C[C@@H](OC(=O)[C@H]1COc2ccccc2O1)C(=O)Nc1ccc(F)cc1. The number of carbonyl (C=O) groups is 2. The van der Waals surface area contributed by atoms with Gasteiger partial charge < -0.3 is 19.5 Å². The number of ether oxygens (including phenoxy) is 3. The maximum Gasteiger partial charge on any atom is 0.351 e. The number of rotatable bonds is 4. The average Bonchev–Trinajstić information content (AvgIpc) is 2.63.